The number of carbonyl (C=O) groups excluding carboxylic acids is 2. The summed E-state index contributed by atoms with van der Waals surface area (Å²) < 4.78 is 5.75. The lowest BCUT2D eigenvalue weighted by Crippen LogP contribution is -2.47. The highest BCUT2D eigenvalue weighted by Crippen LogP contribution is 2.27. The van der Waals surface area contributed by atoms with E-state index in [-0.39, 0.29) is 17.9 Å². The van der Waals surface area contributed by atoms with Crippen LogP contribution in [0.3, 0.4) is 0 Å². The second kappa shape index (κ2) is 6.64. The molecule has 1 unspecified atom stereocenters. The van der Waals surface area contributed by atoms with E-state index in [1.165, 1.54) is 6.42 Å². The predicted molar refractivity (Wildman–Crippen MR) is 99.6 cm³/mol. The van der Waals surface area contributed by atoms with Crippen molar-refractivity contribution >= 4 is 22.8 Å². The summed E-state index contributed by atoms with van der Waals surface area (Å²) in [5.74, 6) is 0.765. The molecule has 3 atom stereocenters. The van der Waals surface area contributed by atoms with Gasteiger partial charge in [-0.05, 0) is 44.2 Å². The molecular formula is C20H24N4O3. The Morgan fingerprint density at radius 3 is 2.81 bits per heavy atom. The normalized spacial score (nSPS) is 27.3. The third kappa shape index (κ3) is 3.20. The molecule has 142 valence electrons. The van der Waals surface area contributed by atoms with Gasteiger partial charge in [-0.25, -0.2) is 0 Å². The highest BCUT2D eigenvalue weighted by atomic mass is 16.3. The molecule has 1 N–H and O–H groups in total. The largest absolute Gasteiger partial charge is 0.451 e. The molecule has 7 nitrogen and oxygen atoms in total. The summed E-state index contributed by atoms with van der Waals surface area (Å²) in [6, 6.07) is 3.54. The van der Waals surface area contributed by atoms with Crippen LogP contribution in [0.15, 0.2) is 22.7 Å². The Hall–Kier alpha value is -2.41. The molecule has 3 aliphatic heterocycles. The molecule has 3 fully saturated rings. The predicted octanol–water partition coefficient (Wildman–Crippen LogP) is 1.89. The summed E-state index contributed by atoms with van der Waals surface area (Å²) in [6.07, 6.45) is 5.97. The standard InChI is InChI=1S/C20H24N4O3/c25-19(22-15-7-13-3-6-23(11-13)12-15)16-9-17-14(10-21-16)8-18(27-17)20(26)24-4-1-2-5-24/h8-10,13,15H,1-7,11-12H2,(H,22,25)/t13-,15+/m0/s1. The lowest BCUT2D eigenvalue weighted by molar-refractivity contribution is 0.0763. The van der Waals surface area contributed by atoms with E-state index in [4.69, 9.17) is 4.42 Å². The second-order valence-corrected chi connectivity index (χ2v) is 8.04. The molecule has 3 saturated heterocycles. The van der Waals surface area contributed by atoms with Gasteiger partial charge in [0.15, 0.2) is 5.76 Å². The van der Waals surface area contributed by atoms with E-state index < -0.39 is 0 Å². The minimum absolute atomic E-state index is 0.0820. The highest BCUT2D eigenvalue weighted by molar-refractivity contribution is 5.98. The van der Waals surface area contributed by atoms with E-state index in [1.54, 1.807) is 18.3 Å². The van der Waals surface area contributed by atoms with Gasteiger partial charge >= 0.3 is 0 Å². The average molecular weight is 368 g/mol. The number of likely N-dealkylation sites (tertiary alicyclic amines) is 1. The summed E-state index contributed by atoms with van der Waals surface area (Å²) in [4.78, 5) is 33.6. The van der Waals surface area contributed by atoms with E-state index in [2.05, 4.69) is 15.2 Å². The molecule has 2 amide bonds. The molecule has 3 aliphatic rings. The zero-order chi connectivity index (χ0) is 18.4. The lowest BCUT2D eigenvalue weighted by atomic mass is 9.97. The van der Waals surface area contributed by atoms with Crippen molar-refractivity contribution in [3.8, 4) is 0 Å². The molecule has 5 rings (SSSR count). The number of amides is 2. The molecular weight excluding hydrogens is 344 g/mol. The summed E-state index contributed by atoms with van der Waals surface area (Å²) >= 11 is 0. The molecule has 5 heterocycles. The summed E-state index contributed by atoms with van der Waals surface area (Å²) in [6.45, 7) is 4.78. The molecule has 2 aromatic rings. The molecule has 0 aliphatic carbocycles. The Balaban J connectivity index is 1.31. The summed E-state index contributed by atoms with van der Waals surface area (Å²) in [5.41, 5.74) is 0.870. The van der Waals surface area contributed by atoms with Gasteiger partial charge in [-0.2, -0.15) is 0 Å². The molecule has 27 heavy (non-hydrogen) atoms. The average Bonchev–Trinajstić information content (AvgIpc) is 3.40. The number of carbonyl (C=O) groups is 2. The summed E-state index contributed by atoms with van der Waals surface area (Å²) in [7, 11) is 0. The van der Waals surface area contributed by atoms with Crippen molar-refractivity contribution in [3.63, 3.8) is 0 Å². The summed E-state index contributed by atoms with van der Waals surface area (Å²) in [5, 5.41) is 3.86. The minimum atomic E-state index is -0.173. The van der Waals surface area contributed by atoms with Crippen molar-refractivity contribution in [2.45, 2.75) is 31.7 Å². The van der Waals surface area contributed by atoms with Gasteiger partial charge in [-0.15, -0.1) is 0 Å². The Morgan fingerprint density at radius 1 is 1.15 bits per heavy atom. The van der Waals surface area contributed by atoms with Gasteiger partial charge < -0.3 is 19.5 Å². The van der Waals surface area contributed by atoms with Crippen LogP contribution in [0.5, 0.6) is 0 Å². The Morgan fingerprint density at radius 2 is 2.00 bits per heavy atom. The topological polar surface area (TPSA) is 78.7 Å². The molecule has 0 radical (unpaired) electrons. The number of rotatable bonds is 3. The molecule has 2 bridgehead atoms. The maximum atomic E-state index is 12.6. The number of hydrogen-bond donors (Lipinski definition) is 1. The Labute approximate surface area is 157 Å². The van der Waals surface area contributed by atoms with Crippen LogP contribution in [0.4, 0.5) is 0 Å². The van der Waals surface area contributed by atoms with E-state index in [0.717, 1.165) is 57.4 Å². The number of piperidine rings is 1. The van der Waals surface area contributed by atoms with Crippen LogP contribution in [0, 0.1) is 5.92 Å². The minimum Gasteiger partial charge on any atom is -0.451 e. The lowest BCUT2D eigenvalue weighted by Gasteiger charge is -2.30. The fraction of sp³-hybridized carbons (Fsp3) is 0.550. The number of furan rings is 1. The van der Waals surface area contributed by atoms with Crippen LogP contribution in [-0.2, 0) is 0 Å². The van der Waals surface area contributed by atoms with Gasteiger partial charge in [-0.1, -0.05) is 0 Å². The number of nitrogens with zero attached hydrogens (tertiary/aromatic N) is 3. The van der Waals surface area contributed by atoms with Crippen LogP contribution in [0.25, 0.3) is 11.0 Å². The first-order chi connectivity index (χ1) is 13.2. The number of aromatic nitrogens is 1. The van der Waals surface area contributed by atoms with Gasteiger partial charge in [0, 0.05) is 49.9 Å². The van der Waals surface area contributed by atoms with Gasteiger partial charge in [0.25, 0.3) is 11.8 Å². The molecule has 7 heteroatoms. The first kappa shape index (κ1) is 16.7. The van der Waals surface area contributed by atoms with Gasteiger partial charge in [0.1, 0.15) is 11.3 Å². The van der Waals surface area contributed by atoms with Crippen molar-refractivity contribution in [3.05, 3.63) is 29.8 Å². The zero-order valence-electron chi connectivity index (χ0n) is 15.3. The van der Waals surface area contributed by atoms with E-state index in [0.29, 0.717) is 23.0 Å². The molecule has 0 saturated carbocycles. The first-order valence-electron chi connectivity index (χ1n) is 9.88. The van der Waals surface area contributed by atoms with Crippen molar-refractivity contribution in [2.24, 2.45) is 5.92 Å². The monoisotopic (exact) mass is 368 g/mol. The fourth-order valence-corrected chi connectivity index (χ4v) is 4.66. The van der Waals surface area contributed by atoms with Crippen molar-refractivity contribution in [2.75, 3.05) is 32.7 Å². The van der Waals surface area contributed by atoms with Crippen LogP contribution < -0.4 is 5.32 Å². The number of fused-ring (bicyclic) bond motifs is 3. The first-order valence-corrected chi connectivity index (χ1v) is 9.88. The number of nitrogens with one attached hydrogen (secondary N) is 1. The second-order valence-electron chi connectivity index (χ2n) is 8.04. The number of pyridine rings is 1. The van der Waals surface area contributed by atoms with Crippen molar-refractivity contribution in [1.82, 2.24) is 20.1 Å². The van der Waals surface area contributed by atoms with Gasteiger partial charge in [-0.3, -0.25) is 14.6 Å². The molecule has 0 aromatic carbocycles. The van der Waals surface area contributed by atoms with Crippen molar-refractivity contribution in [1.29, 1.82) is 0 Å². The maximum absolute atomic E-state index is 12.6. The highest BCUT2D eigenvalue weighted by Gasteiger charge is 2.33. The van der Waals surface area contributed by atoms with Crippen LogP contribution in [0.2, 0.25) is 0 Å². The smallest absolute Gasteiger partial charge is 0.289 e. The van der Waals surface area contributed by atoms with Crippen LogP contribution in [-0.4, -0.2) is 65.4 Å². The number of hydrogen-bond acceptors (Lipinski definition) is 5. The zero-order valence-corrected chi connectivity index (χ0v) is 15.3. The van der Waals surface area contributed by atoms with Gasteiger partial charge in [0.05, 0.1) is 0 Å². The Bertz CT molecular complexity index is 874. The third-order valence-corrected chi connectivity index (χ3v) is 6.04. The molecule has 0 spiro atoms. The van der Waals surface area contributed by atoms with Crippen LogP contribution in [0.1, 0.15) is 46.7 Å². The van der Waals surface area contributed by atoms with Gasteiger partial charge in [0.2, 0.25) is 0 Å². The fourth-order valence-electron chi connectivity index (χ4n) is 4.66. The SMILES string of the molecule is O=C(N[C@@H]1C[C@@H]2CCN(C2)C1)c1cc2oc(C(=O)N3CCCC3)cc2cn1. The third-order valence-electron chi connectivity index (χ3n) is 6.04. The molecule has 2 aromatic heterocycles. The maximum Gasteiger partial charge on any atom is 0.289 e. The van der Waals surface area contributed by atoms with E-state index >= 15 is 0 Å². The Kier molecular flexibility index (Phi) is 4.11. The van der Waals surface area contributed by atoms with E-state index in [9.17, 15) is 9.59 Å². The quantitative estimate of drug-likeness (QED) is 0.895. The van der Waals surface area contributed by atoms with E-state index in [1.807, 2.05) is 4.90 Å². The van der Waals surface area contributed by atoms with Crippen LogP contribution >= 0.6 is 0 Å². The van der Waals surface area contributed by atoms with Crippen molar-refractivity contribution < 1.29 is 14.0 Å².